The molecule has 1 aliphatic heterocycles. The smallest absolute Gasteiger partial charge is 0.295 e. The molecule has 1 amide bonds. The van der Waals surface area contributed by atoms with E-state index in [1.165, 1.54) is 4.90 Å². The summed E-state index contributed by atoms with van der Waals surface area (Å²) < 4.78 is 0.852. The van der Waals surface area contributed by atoms with Gasteiger partial charge in [0.2, 0.25) is 0 Å². The van der Waals surface area contributed by atoms with E-state index in [-0.39, 0.29) is 12.6 Å². The van der Waals surface area contributed by atoms with Crippen molar-refractivity contribution in [2.45, 2.75) is 18.9 Å². The second-order valence-electron chi connectivity index (χ2n) is 5.20. The zero-order chi connectivity index (χ0) is 15.0. The number of hydrogen-bond donors (Lipinski definition) is 2. The predicted octanol–water partition coefficient (Wildman–Crippen LogP) is 2.10. The maximum Gasteiger partial charge on any atom is 0.295 e. The average Bonchev–Trinajstić information content (AvgIpc) is 3.11. The quantitative estimate of drug-likeness (QED) is 0.657. The lowest BCUT2D eigenvalue weighted by molar-refractivity contribution is -0.127. The maximum absolute atomic E-state index is 12.5. The lowest BCUT2D eigenvalue weighted by atomic mass is 10.1. The number of benzene rings is 1. The molecule has 0 radical (unpaired) electrons. The number of Topliss-reactive ketones (excluding diaryl/α,β-unsaturated/α-hetero) is 1. The number of aliphatic hydroxyl groups is 1. The van der Waals surface area contributed by atoms with Crippen LogP contribution in [0.2, 0.25) is 0 Å². The van der Waals surface area contributed by atoms with Crippen LogP contribution in [-0.4, -0.2) is 45.9 Å². The number of halogens is 1. The Morgan fingerprint density at radius 2 is 2.24 bits per heavy atom. The monoisotopic (exact) mass is 350 g/mol. The number of aromatic nitrogens is 1. The molecule has 1 atom stereocenters. The number of ketones is 1. The van der Waals surface area contributed by atoms with Gasteiger partial charge in [-0.2, -0.15) is 0 Å². The van der Waals surface area contributed by atoms with Gasteiger partial charge in [-0.3, -0.25) is 9.59 Å². The third-order valence-corrected chi connectivity index (χ3v) is 4.42. The Morgan fingerprint density at radius 3 is 3.00 bits per heavy atom. The van der Waals surface area contributed by atoms with Crippen LogP contribution in [0.15, 0.2) is 28.9 Å². The number of nitrogens with zero attached hydrogens (tertiary/aromatic N) is 1. The second-order valence-corrected chi connectivity index (χ2v) is 6.11. The molecular formula is C15H15BrN2O3. The van der Waals surface area contributed by atoms with Crippen molar-refractivity contribution in [1.82, 2.24) is 9.88 Å². The first kappa shape index (κ1) is 14.3. The highest BCUT2D eigenvalue weighted by molar-refractivity contribution is 9.10. The van der Waals surface area contributed by atoms with Crippen molar-refractivity contribution in [3.8, 4) is 0 Å². The number of likely N-dealkylation sites (tertiary alicyclic amines) is 1. The molecule has 0 aliphatic carbocycles. The molecule has 110 valence electrons. The molecule has 2 N–H and O–H groups in total. The molecule has 2 heterocycles. The lowest BCUT2D eigenvalue weighted by Crippen LogP contribution is -2.41. The summed E-state index contributed by atoms with van der Waals surface area (Å²) >= 11 is 3.37. The Morgan fingerprint density at radius 1 is 1.43 bits per heavy atom. The molecule has 0 unspecified atom stereocenters. The van der Waals surface area contributed by atoms with Gasteiger partial charge in [0, 0.05) is 28.1 Å². The highest BCUT2D eigenvalue weighted by atomic mass is 79.9. The summed E-state index contributed by atoms with van der Waals surface area (Å²) in [5.41, 5.74) is 1.19. The van der Waals surface area contributed by atoms with Crippen LogP contribution in [0.3, 0.4) is 0 Å². The molecule has 1 fully saturated rings. The van der Waals surface area contributed by atoms with Gasteiger partial charge in [0.25, 0.3) is 11.7 Å². The van der Waals surface area contributed by atoms with Crippen LogP contribution in [0, 0.1) is 0 Å². The zero-order valence-corrected chi connectivity index (χ0v) is 12.9. The summed E-state index contributed by atoms with van der Waals surface area (Å²) in [5, 5.41) is 10.0. The Hall–Kier alpha value is -1.66. The minimum Gasteiger partial charge on any atom is -0.394 e. The number of carbonyl (C=O) groups is 2. The molecule has 2 aromatic rings. The summed E-state index contributed by atoms with van der Waals surface area (Å²) in [6.07, 6.45) is 3.14. The SMILES string of the molecule is O=C(C(=O)N1CCC[C@H]1CO)c1c[nH]c2ccc(Br)cc12. The van der Waals surface area contributed by atoms with Crippen LogP contribution < -0.4 is 0 Å². The topological polar surface area (TPSA) is 73.4 Å². The number of amides is 1. The van der Waals surface area contributed by atoms with Crippen LogP contribution >= 0.6 is 15.9 Å². The third kappa shape index (κ3) is 2.49. The minimum absolute atomic E-state index is 0.0988. The van der Waals surface area contributed by atoms with Gasteiger partial charge >= 0.3 is 0 Å². The molecule has 5 nitrogen and oxygen atoms in total. The lowest BCUT2D eigenvalue weighted by Gasteiger charge is -2.21. The molecule has 21 heavy (non-hydrogen) atoms. The van der Waals surface area contributed by atoms with E-state index in [1.54, 1.807) is 6.20 Å². The fraction of sp³-hybridized carbons (Fsp3) is 0.333. The average molecular weight is 351 g/mol. The first-order valence-electron chi connectivity index (χ1n) is 6.84. The summed E-state index contributed by atoms with van der Waals surface area (Å²) in [7, 11) is 0. The summed E-state index contributed by atoms with van der Waals surface area (Å²) in [6, 6.07) is 5.31. The molecule has 3 rings (SSSR count). The van der Waals surface area contributed by atoms with Crippen molar-refractivity contribution in [1.29, 1.82) is 0 Å². The Kier molecular flexibility index (Phi) is 3.82. The number of fused-ring (bicyclic) bond motifs is 1. The normalized spacial score (nSPS) is 18.4. The first-order chi connectivity index (χ1) is 10.1. The van der Waals surface area contributed by atoms with Crippen LogP contribution in [0.4, 0.5) is 0 Å². The van der Waals surface area contributed by atoms with Gasteiger partial charge in [0.05, 0.1) is 18.2 Å². The third-order valence-electron chi connectivity index (χ3n) is 3.93. The van der Waals surface area contributed by atoms with Crippen molar-refractivity contribution in [2.24, 2.45) is 0 Å². The van der Waals surface area contributed by atoms with Gasteiger partial charge in [0.15, 0.2) is 0 Å². The molecular weight excluding hydrogens is 336 g/mol. The molecule has 0 bridgehead atoms. The van der Waals surface area contributed by atoms with E-state index in [2.05, 4.69) is 20.9 Å². The zero-order valence-electron chi connectivity index (χ0n) is 11.3. The number of H-pyrrole nitrogens is 1. The van der Waals surface area contributed by atoms with Crippen molar-refractivity contribution in [2.75, 3.05) is 13.2 Å². The highest BCUT2D eigenvalue weighted by Crippen LogP contribution is 2.25. The van der Waals surface area contributed by atoms with Gasteiger partial charge < -0.3 is 15.0 Å². The van der Waals surface area contributed by atoms with Gasteiger partial charge in [-0.15, -0.1) is 0 Å². The fourth-order valence-electron chi connectivity index (χ4n) is 2.82. The van der Waals surface area contributed by atoms with E-state index < -0.39 is 11.7 Å². The van der Waals surface area contributed by atoms with Gasteiger partial charge in [-0.1, -0.05) is 15.9 Å². The molecule has 1 aliphatic rings. The van der Waals surface area contributed by atoms with Crippen LogP contribution in [0.1, 0.15) is 23.2 Å². The van der Waals surface area contributed by atoms with Crippen molar-refractivity contribution in [3.05, 3.63) is 34.4 Å². The Balaban J connectivity index is 1.93. The maximum atomic E-state index is 12.5. The van der Waals surface area contributed by atoms with Crippen molar-refractivity contribution in [3.63, 3.8) is 0 Å². The molecule has 1 aromatic heterocycles. The second kappa shape index (κ2) is 5.61. The van der Waals surface area contributed by atoms with E-state index in [1.807, 2.05) is 18.2 Å². The van der Waals surface area contributed by atoms with Crippen molar-refractivity contribution < 1.29 is 14.7 Å². The van der Waals surface area contributed by atoms with E-state index >= 15 is 0 Å². The fourth-order valence-corrected chi connectivity index (χ4v) is 3.18. The van der Waals surface area contributed by atoms with Crippen LogP contribution in [0.5, 0.6) is 0 Å². The molecule has 0 spiro atoms. The van der Waals surface area contributed by atoms with Gasteiger partial charge in [-0.05, 0) is 31.0 Å². The largest absolute Gasteiger partial charge is 0.394 e. The molecule has 6 heteroatoms. The van der Waals surface area contributed by atoms with E-state index in [0.717, 1.165) is 28.2 Å². The number of aromatic amines is 1. The Labute approximate surface area is 130 Å². The van der Waals surface area contributed by atoms with Crippen LogP contribution in [0.25, 0.3) is 10.9 Å². The Bertz CT molecular complexity index is 710. The van der Waals surface area contributed by atoms with Gasteiger partial charge in [0.1, 0.15) is 0 Å². The van der Waals surface area contributed by atoms with E-state index in [0.29, 0.717) is 12.1 Å². The number of nitrogens with one attached hydrogen (secondary N) is 1. The number of hydrogen-bond acceptors (Lipinski definition) is 3. The summed E-state index contributed by atoms with van der Waals surface area (Å²) in [4.78, 5) is 29.3. The van der Waals surface area contributed by atoms with Gasteiger partial charge in [-0.25, -0.2) is 0 Å². The number of carbonyl (C=O) groups excluding carboxylic acids is 2. The standard InChI is InChI=1S/C15H15BrN2O3/c16-9-3-4-13-11(6-9)12(7-17-13)14(20)15(21)18-5-1-2-10(18)8-19/h3-4,6-7,10,17,19H,1-2,5,8H2/t10-/m0/s1. The van der Waals surface area contributed by atoms with Crippen molar-refractivity contribution >= 4 is 38.5 Å². The van der Waals surface area contributed by atoms with Crippen LogP contribution in [-0.2, 0) is 4.79 Å². The minimum atomic E-state index is -0.535. The first-order valence-corrected chi connectivity index (χ1v) is 7.64. The molecule has 0 saturated carbocycles. The predicted molar refractivity (Wildman–Crippen MR) is 82.2 cm³/mol. The number of rotatable bonds is 3. The molecule has 1 aromatic carbocycles. The van der Waals surface area contributed by atoms with E-state index in [4.69, 9.17) is 0 Å². The number of aliphatic hydroxyl groups excluding tert-OH is 1. The highest BCUT2D eigenvalue weighted by Gasteiger charge is 2.33. The summed E-state index contributed by atoms with van der Waals surface area (Å²) in [6.45, 7) is 0.431. The summed E-state index contributed by atoms with van der Waals surface area (Å²) in [5.74, 6) is -1.06. The molecule has 1 saturated heterocycles. The van der Waals surface area contributed by atoms with E-state index in [9.17, 15) is 14.7 Å².